The van der Waals surface area contributed by atoms with E-state index in [1.165, 1.54) is 19.2 Å². The lowest BCUT2D eigenvalue weighted by Gasteiger charge is -2.27. The first-order valence-corrected chi connectivity index (χ1v) is 12.4. The first-order valence-electron chi connectivity index (χ1n) is 11.3. The zero-order valence-electron chi connectivity index (χ0n) is 19.3. The molecular weight excluding hydrogens is 544 g/mol. The van der Waals surface area contributed by atoms with Crippen molar-refractivity contribution in [3.63, 3.8) is 0 Å². The Morgan fingerprint density at radius 3 is 2.53 bits per heavy atom. The number of carbonyl (C=O) groups excluding carboxylic acids is 2. The number of halogens is 2. The van der Waals surface area contributed by atoms with Crippen molar-refractivity contribution in [2.45, 2.75) is 37.6 Å². The summed E-state index contributed by atoms with van der Waals surface area (Å²) < 4.78 is 20.5. The van der Waals surface area contributed by atoms with E-state index in [2.05, 4.69) is 60.7 Å². The van der Waals surface area contributed by atoms with Crippen LogP contribution in [0.1, 0.15) is 47.3 Å². The highest BCUT2D eigenvalue weighted by Crippen LogP contribution is 2.73. The van der Waals surface area contributed by atoms with E-state index in [0.717, 1.165) is 25.9 Å². The van der Waals surface area contributed by atoms with Gasteiger partial charge in [0.1, 0.15) is 5.82 Å². The van der Waals surface area contributed by atoms with Gasteiger partial charge in [-0.3, -0.25) is 4.79 Å². The van der Waals surface area contributed by atoms with Crippen molar-refractivity contribution >= 4 is 40.2 Å². The number of hydrogen-bond donors (Lipinski definition) is 0. The van der Waals surface area contributed by atoms with Gasteiger partial charge in [0.2, 0.25) is 5.91 Å². The Balaban J connectivity index is 1.61. The molecule has 0 aromatic heterocycles. The van der Waals surface area contributed by atoms with Gasteiger partial charge in [-0.1, -0.05) is 38.1 Å². The van der Waals surface area contributed by atoms with Crippen molar-refractivity contribution in [1.29, 1.82) is 0 Å². The molecule has 1 aliphatic carbocycles. The molecule has 0 radical (unpaired) electrons. The topological polar surface area (TPSA) is 46.6 Å². The number of esters is 1. The second-order valence-electron chi connectivity index (χ2n) is 9.46. The molecule has 34 heavy (non-hydrogen) atoms. The Hall–Kier alpha value is -2.74. The molecule has 0 unspecified atom stereocenters. The van der Waals surface area contributed by atoms with Crippen LogP contribution < -0.4 is 4.90 Å². The van der Waals surface area contributed by atoms with E-state index in [9.17, 15) is 14.0 Å². The SMILES string of the molecule is COC(=O)c1cccc(CN2C(=O)[C@]3(C[C@@]3(c3ccc(I)cc3)C(C)C)c3cc(F)ccc32)c1. The fourth-order valence-corrected chi connectivity index (χ4v) is 6.26. The van der Waals surface area contributed by atoms with E-state index in [1.54, 1.807) is 29.2 Å². The van der Waals surface area contributed by atoms with Crippen LogP contribution >= 0.6 is 22.6 Å². The van der Waals surface area contributed by atoms with E-state index >= 15 is 0 Å². The fraction of sp³-hybridized carbons (Fsp3) is 0.286. The Bertz CT molecular complexity index is 1310. The number of amides is 1. The number of methoxy groups -OCH3 is 1. The highest BCUT2D eigenvalue weighted by Gasteiger charge is 2.77. The minimum Gasteiger partial charge on any atom is -0.465 e. The highest BCUT2D eigenvalue weighted by atomic mass is 127. The van der Waals surface area contributed by atoms with Crippen LogP contribution in [0, 0.1) is 15.3 Å². The molecule has 5 rings (SSSR count). The van der Waals surface area contributed by atoms with Crippen LogP contribution in [0.4, 0.5) is 10.1 Å². The molecule has 0 bridgehead atoms. The lowest BCUT2D eigenvalue weighted by molar-refractivity contribution is -0.121. The molecule has 4 nitrogen and oxygen atoms in total. The molecule has 1 heterocycles. The van der Waals surface area contributed by atoms with Crippen LogP contribution in [0.2, 0.25) is 0 Å². The molecule has 0 saturated heterocycles. The van der Waals surface area contributed by atoms with Gasteiger partial charge < -0.3 is 9.64 Å². The second kappa shape index (κ2) is 8.18. The molecule has 2 atom stereocenters. The summed E-state index contributed by atoms with van der Waals surface area (Å²) in [4.78, 5) is 28.0. The molecule has 3 aromatic carbocycles. The summed E-state index contributed by atoms with van der Waals surface area (Å²) in [7, 11) is 1.34. The van der Waals surface area contributed by atoms with Crippen LogP contribution in [-0.4, -0.2) is 19.0 Å². The van der Waals surface area contributed by atoms with Crippen LogP contribution in [0.15, 0.2) is 66.7 Å². The van der Waals surface area contributed by atoms with E-state index in [4.69, 9.17) is 4.74 Å². The molecule has 1 fully saturated rings. The van der Waals surface area contributed by atoms with E-state index in [1.807, 2.05) is 6.07 Å². The van der Waals surface area contributed by atoms with Gasteiger partial charge in [-0.05, 0) is 94.1 Å². The normalized spacial score (nSPS) is 22.9. The van der Waals surface area contributed by atoms with Gasteiger partial charge in [0.25, 0.3) is 0 Å². The smallest absolute Gasteiger partial charge is 0.337 e. The van der Waals surface area contributed by atoms with Crippen LogP contribution in [0.25, 0.3) is 0 Å². The standard InChI is InChI=1S/C28H25FINO3/c1-17(2)27(20-7-10-22(30)11-8-20)16-28(27)23-14-21(29)9-12-24(23)31(26(28)33)15-18-5-4-6-19(13-18)25(32)34-3/h4-14,17H,15-16H2,1-3H3/t27-,28-/m0/s1. The molecule has 2 aliphatic rings. The maximum absolute atomic E-state index is 14.5. The zero-order valence-corrected chi connectivity index (χ0v) is 21.4. The Kier molecular flexibility index (Phi) is 5.54. The van der Waals surface area contributed by atoms with E-state index in [0.29, 0.717) is 18.5 Å². The third kappa shape index (κ3) is 3.21. The number of ether oxygens (including phenoxy) is 1. The largest absolute Gasteiger partial charge is 0.465 e. The summed E-state index contributed by atoms with van der Waals surface area (Å²) in [5.74, 6) is -0.597. The number of benzene rings is 3. The number of anilines is 1. The number of nitrogens with zero attached hydrogens (tertiary/aromatic N) is 1. The molecule has 1 aliphatic heterocycles. The second-order valence-corrected chi connectivity index (χ2v) is 10.7. The first-order chi connectivity index (χ1) is 16.2. The molecular formula is C28H25FINO3. The number of rotatable bonds is 5. The number of carbonyl (C=O) groups is 2. The number of fused-ring (bicyclic) bond motifs is 2. The van der Waals surface area contributed by atoms with Gasteiger partial charge >= 0.3 is 5.97 Å². The summed E-state index contributed by atoms with van der Waals surface area (Å²) in [6.07, 6.45) is 0.645. The van der Waals surface area contributed by atoms with E-state index < -0.39 is 16.8 Å². The quantitative estimate of drug-likeness (QED) is 0.280. The maximum Gasteiger partial charge on any atom is 0.337 e. The third-order valence-electron chi connectivity index (χ3n) is 7.53. The summed E-state index contributed by atoms with van der Waals surface area (Å²) in [5, 5.41) is 0. The average molecular weight is 569 g/mol. The van der Waals surface area contributed by atoms with Crippen LogP contribution in [-0.2, 0) is 26.9 Å². The lowest BCUT2D eigenvalue weighted by Crippen LogP contribution is -2.38. The average Bonchev–Trinajstić information content (AvgIpc) is 3.50. The monoisotopic (exact) mass is 569 g/mol. The van der Waals surface area contributed by atoms with E-state index in [-0.39, 0.29) is 17.6 Å². The minimum absolute atomic E-state index is 0.0104. The summed E-state index contributed by atoms with van der Waals surface area (Å²) in [6, 6.07) is 20.1. The maximum atomic E-state index is 14.5. The van der Waals surface area contributed by atoms with Crippen LogP contribution in [0.5, 0.6) is 0 Å². The van der Waals surface area contributed by atoms with Crippen molar-refractivity contribution < 1.29 is 18.7 Å². The van der Waals surface area contributed by atoms with Crippen molar-refractivity contribution in [2.75, 3.05) is 12.0 Å². The Morgan fingerprint density at radius 1 is 1.12 bits per heavy atom. The summed E-state index contributed by atoms with van der Waals surface area (Å²) in [6.45, 7) is 4.58. The molecule has 1 saturated carbocycles. The summed E-state index contributed by atoms with van der Waals surface area (Å²) >= 11 is 2.28. The minimum atomic E-state index is -0.800. The van der Waals surface area contributed by atoms with Gasteiger partial charge in [-0.15, -0.1) is 0 Å². The van der Waals surface area contributed by atoms with Crippen molar-refractivity contribution in [2.24, 2.45) is 5.92 Å². The summed E-state index contributed by atoms with van der Waals surface area (Å²) in [5.41, 5.74) is 2.65. The van der Waals surface area contributed by atoms with Crippen LogP contribution in [0.3, 0.4) is 0 Å². The molecule has 174 valence electrons. The molecule has 1 amide bonds. The van der Waals surface area contributed by atoms with Crippen molar-refractivity contribution in [1.82, 2.24) is 0 Å². The predicted molar refractivity (Wildman–Crippen MR) is 137 cm³/mol. The molecule has 3 aromatic rings. The van der Waals surface area contributed by atoms with Gasteiger partial charge in [0, 0.05) is 14.7 Å². The zero-order chi connectivity index (χ0) is 24.3. The van der Waals surface area contributed by atoms with Gasteiger partial charge in [-0.25, -0.2) is 9.18 Å². The third-order valence-corrected chi connectivity index (χ3v) is 8.25. The lowest BCUT2D eigenvalue weighted by atomic mass is 9.75. The molecule has 1 spiro atoms. The predicted octanol–water partition coefficient (Wildman–Crippen LogP) is 6.00. The Morgan fingerprint density at radius 2 is 1.85 bits per heavy atom. The number of hydrogen-bond acceptors (Lipinski definition) is 3. The highest BCUT2D eigenvalue weighted by molar-refractivity contribution is 14.1. The van der Waals surface area contributed by atoms with Gasteiger partial charge in [-0.2, -0.15) is 0 Å². The first kappa shape index (κ1) is 23.0. The fourth-order valence-electron chi connectivity index (χ4n) is 5.90. The Labute approximate surface area is 212 Å². The molecule has 6 heteroatoms. The van der Waals surface area contributed by atoms with Gasteiger partial charge in [0.15, 0.2) is 0 Å². The van der Waals surface area contributed by atoms with Crippen molar-refractivity contribution in [3.05, 3.63) is 98.4 Å². The van der Waals surface area contributed by atoms with Gasteiger partial charge in [0.05, 0.1) is 24.6 Å². The molecule has 0 N–H and O–H groups in total. The van der Waals surface area contributed by atoms with Crippen molar-refractivity contribution in [3.8, 4) is 0 Å².